The molecule has 0 bridgehead atoms. The average molecular weight is 295 g/mol. The van der Waals surface area contributed by atoms with Gasteiger partial charge in [-0.3, -0.25) is 9.59 Å². The Hall–Kier alpha value is -1.49. The maximum Gasteiger partial charge on any atom is 0.254 e. The van der Waals surface area contributed by atoms with E-state index in [-0.39, 0.29) is 22.9 Å². The number of rotatable bonds is 5. The molecule has 0 atom stereocenters. The number of aldehydes is 1. The molecule has 0 aliphatic heterocycles. The van der Waals surface area contributed by atoms with Crippen LogP contribution in [0.5, 0.6) is 0 Å². The fourth-order valence-corrected chi connectivity index (χ4v) is 4.13. The molecule has 0 aromatic heterocycles. The van der Waals surface area contributed by atoms with Crippen molar-refractivity contribution < 1.29 is 14.0 Å². The second-order valence-electron chi connectivity index (χ2n) is 5.73. The van der Waals surface area contributed by atoms with E-state index in [1.54, 1.807) is 4.90 Å². The molecule has 1 amide bonds. The van der Waals surface area contributed by atoms with Crippen molar-refractivity contribution in [2.75, 3.05) is 13.1 Å². The predicted molar refractivity (Wildman–Crippen MR) is 82.0 cm³/mol. The maximum absolute atomic E-state index is 14.2. The summed E-state index contributed by atoms with van der Waals surface area (Å²) >= 11 is 0. The molecule has 1 rings (SSSR count). The van der Waals surface area contributed by atoms with Crippen LogP contribution in [0.25, 0.3) is 0 Å². The number of carbonyl (C=O) groups excluding carboxylic acids is 2. The number of carbonyl (C=O) groups is 2. The summed E-state index contributed by atoms with van der Waals surface area (Å²) in [6, 6.07) is 2.68. The third-order valence-corrected chi connectivity index (χ3v) is 5.32. The minimum absolute atomic E-state index is 0.253. The van der Waals surface area contributed by atoms with Gasteiger partial charge in [0, 0.05) is 18.7 Å². The Balaban J connectivity index is 3.61. The van der Waals surface area contributed by atoms with Gasteiger partial charge in [-0.1, -0.05) is 19.6 Å². The zero-order chi connectivity index (χ0) is 15.5. The normalized spacial score (nSPS) is 11.3. The van der Waals surface area contributed by atoms with Crippen LogP contribution < -0.4 is 5.19 Å². The lowest BCUT2D eigenvalue weighted by Crippen LogP contribution is -2.47. The van der Waals surface area contributed by atoms with Gasteiger partial charge in [-0.25, -0.2) is 4.39 Å². The molecular formula is C15H22FNO2Si. The van der Waals surface area contributed by atoms with Crippen molar-refractivity contribution in [2.24, 2.45) is 0 Å². The molecule has 110 valence electrons. The molecular weight excluding hydrogens is 273 g/mol. The van der Waals surface area contributed by atoms with Gasteiger partial charge in [-0.05, 0) is 31.2 Å². The lowest BCUT2D eigenvalue weighted by atomic mass is 10.1. The van der Waals surface area contributed by atoms with Crippen LogP contribution in [0, 0.1) is 5.82 Å². The molecule has 1 aromatic rings. The lowest BCUT2D eigenvalue weighted by molar-refractivity contribution is 0.0771. The smallest absolute Gasteiger partial charge is 0.254 e. The summed E-state index contributed by atoms with van der Waals surface area (Å²) in [7, 11) is -2.09. The van der Waals surface area contributed by atoms with Gasteiger partial charge in [0.05, 0.1) is 13.6 Å². The Kier molecular flexibility index (Phi) is 5.22. The molecule has 5 heteroatoms. The third kappa shape index (κ3) is 3.15. The van der Waals surface area contributed by atoms with Crippen LogP contribution in [0.4, 0.5) is 4.39 Å². The van der Waals surface area contributed by atoms with Crippen LogP contribution >= 0.6 is 0 Å². The van der Waals surface area contributed by atoms with Gasteiger partial charge in [-0.2, -0.15) is 0 Å². The van der Waals surface area contributed by atoms with Crippen LogP contribution in [0.2, 0.25) is 19.6 Å². The van der Waals surface area contributed by atoms with Crippen molar-refractivity contribution in [3.05, 3.63) is 29.1 Å². The van der Waals surface area contributed by atoms with Crippen LogP contribution in [-0.4, -0.2) is 38.3 Å². The molecule has 0 radical (unpaired) electrons. The topological polar surface area (TPSA) is 37.4 Å². The van der Waals surface area contributed by atoms with Crippen LogP contribution in [0.1, 0.15) is 34.6 Å². The molecule has 0 spiro atoms. The first-order chi connectivity index (χ1) is 9.27. The van der Waals surface area contributed by atoms with E-state index in [4.69, 9.17) is 0 Å². The second-order valence-corrected chi connectivity index (χ2v) is 10.7. The quantitative estimate of drug-likeness (QED) is 0.618. The molecule has 0 saturated carbocycles. The van der Waals surface area contributed by atoms with Crippen molar-refractivity contribution in [3.63, 3.8) is 0 Å². The molecule has 20 heavy (non-hydrogen) atoms. The minimum atomic E-state index is -2.09. The number of amides is 1. The first kappa shape index (κ1) is 16.6. The lowest BCUT2D eigenvalue weighted by Gasteiger charge is -2.26. The largest absolute Gasteiger partial charge is 0.339 e. The molecule has 3 nitrogen and oxygen atoms in total. The minimum Gasteiger partial charge on any atom is -0.339 e. The van der Waals surface area contributed by atoms with Crippen molar-refractivity contribution in [3.8, 4) is 0 Å². The fraction of sp³-hybridized carbons (Fsp3) is 0.467. The Labute approximate surface area is 120 Å². The highest BCUT2D eigenvalue weighted by Crippen LogP contribution is 2.16. The van der Waals surface area contributed by atoms with E-state index in [0.29, 0.717) is 24.6 Å². The van der Waals surface area contributed by atoms with Gasteiger partial charge < -0.3 is 4.90 Å². The summed E-state index contributed by atoms with van der Waals surface area (Å²) in [5.74, 6) is -0.640. The highest BCUT2D eigenvalue weighted by atomic mass is 28.3. The van der Waals surface area contributed by atoms with Crippen molar-refractivity contribution in [2.45, 2.75) is 33.5 Å². The van der Waals surface area contributed by atoms with Gasteiger partial charge >= 0.3 is 0 Å². The number of halogens is 1. The number of hydrogen-bond acceptors (Lipinski definition) is 2. The monoisotopic (exact) mass is 295 g/mol. The Morgan fingerprint density at radius 1 is 1.25 bits per heavy atom. The maximum atomic E-state index is 14.2. The summed E-state index contributed by atoms with van der Waals surface area (Å²) in [5.41, 5.74) is 0.531. The van der Waals surface area contributed by atoms with Gasteiger partial charge in [0.15, 0.2) is 6.29 Å². The van der Waals surface area contributed by atoms with E-state index >= 15 is 0 Å². The summed E-state index contributed by atoms with van der Waals surface area (Å²) in [5, 5.41) is 0.444. The third-order valence-electron chi connectivity index (χ3n) is 3.33. The van der Waals surface area contributed by atoms with Gasteiger partial charge in [0.2, 0.25) is 0 Å². The number of nitrogens with zero attached hydrogens (tertiary/aromatic N) is 1. The standard InChI is InChI=1S/C15H22FNO2Si/c1-6-17(7-2)15(19)13-11(10-18)8-9-12(16)14(13)20(3,4)5/h8-10H,6-7H2,1-5H3. The van der Waals surface area contributed by atoms with Crippen LogP contribution in [0.15, 0.2) is 12.1 Å². The summed E-state index contributed by atoms with van der Waals surface area (Å²) in [6.45, 7) is 10.7. The van der Waals surface area contributed by atoms with Crippen molar-refractivity contribution >= 4 is 25.5 Å². The summed E-state index contributed by atoms with van der Waals surface area (Å²) in [6.07, 6.45) is 0.639. The Morgan fingerprint density at radius 3 is 2.20 bits per heavy atom. The van der Waals surface area contributed by atoms with E-state index < -0.39 is 8.07 Å². The summed E-state index contributed by atoms with van der Waals surface area (Å²) in [4.78, 5) is 25.5. The van der Waals surface area contributed by atoms with E-state index in [2.05, 4.69) is 0 Å². The van der Waals surface area contributed by atoms with E-state index in [1.807, 2.05) is 33.5 Å². The Morgan fingerprint density at radius 2 is 1.80 bits per heavy atom. The van der Waals surface area contributed by atoms with Crippen LogP contribution in [-0.2, 0) is 0 Å². The number of hydrogen-bond donors (Lipinski definition) is 0. The zero-order valence-electron chi connectivity index (χ0n) is 12.8. The highest BCUT2D eigenvalue weighted by molar-refractivity contribution is 6.89. The molecule has 0 aliphatic carbocycles. The molecule has 0 N–H and O–H groups in total. The van der Waals surface area contributed by atoms with Crippen molar-refractivity contribution in [1.82, 2.24) is 4.90 Å². The van der Waals surface area contributed by atoms with Crippen LogP contribution in [0.3, 0.4) is 0 Å². The van der Waals surface area contributed by atoms with Gasteiger partial charge in [0.25, 0.3) is 5.91 Å². The second kappa shape index (κ2) is 6.30. The van der Waals surface area contributed by atoms with Gasteiger partial charge in [0.1, 0.15) is 5.82 Å². The van der Waals surface area contributed by atoms with E-state index in [0.717, 1.165) is 0 Å². The molecule has 0 fully saturated rings. The fourth-order valence-electron chi connectivity index (χ4n) is 2.32. The SMILES string of the molecule is CCN(CC)C(=O)c1c(C=O)ccc(F)c1[Si](C)(C)C. The molecule has 0 heterocycles. The molecule has 0 unspecified atom stereocenters. The van der Waals surface area contributed by atoms with E-state index in [1.165, 1.54) is 12.1 Å². The highest BCUT2D eigenvalue weighted by Gasteiger charge is 2.30. The Bertz CT molecular complexity index is 519. The predicted octanol–water partition coefficient (Wildman–Crippen LogP) is 2.67. The first-order valence-electron chi connectivity index (χ1n) is 6.85. The van der Waals surface area contributed by atoms with Gasteiger partial charge in [-0.15, -0.1) is 0 Å². The first-order valence-corrected chi connectivity index (χ1v) is 10.3. The zero-order valence-corrected chi connectivity index (χ0v) is 13.8. The molecule has 0 saturated heterocycles. The van der Waals surface area contributed by atoms with Crippen molar-refractivity contribution in [1.29, 1.82) is 0 Å². The number of benzene rings is 1. The average Bonchev–Trinajstić information content (AvgIpc) is 2.38. The molecule has 0 aliphatic rings. The molecule has 1 aromatic carbocycles. The summed E-state index contributed by atoms with van der Waals surface area (Å²) < 4.78 is 14.2. The van der Waals surface area contributed by atoms with E-state index in [9.17, 15) is 14.0 Å².